The van der Waals surface area contributed by atoms with Gasteiger partial charge in [-0.1, -0.05) is 12.1 Å². The summed E-state index contributed by atoms with van der Waals surface area (Å²) in [7, 11) is -7.27. The van der Waals surface area contributed by atoms with Gasteiger partial charge < -0.3 is 0 Å². The molecule has 0 aromatic heterocycles. The number of anilines is 1. The molecule has 0 aliphatic heterocycles. The highest BCUT2D eigenvalue weighted by molar-refractivity contribution is 7.92. The van der Waals surface area contributed by atoms with Gasteiger partial charge in [-0.2, -0.15) is 0 Å². The maximum absolute atomic E-state index is 12.3. The standard InChI is InChI=1S/C15H15NO5S2/c1-11(17)12-4-3-5-13(10-12)16-23(20,21)15-8-6-14(7-9-15)22(2,18)19/h3-10,16H,1-2H3. The molecule has 2 aromatic carbocycles. The van der Waals surface area contributed by atoms with Crippen LogP contribution in [0.25, 0.3) is 0 Å². The molecule has 6 nitrogen and oxygen atoms in total. The van der Waals surface area contributed by atoms with Crippen LogP contribution in [-0.2, 0) is 19.9 Å². The molecule has 0 aliphatic rings. The molecule has 0 heterocycles. The van der Waals surface area contributed by atoms with Gasteiger partial charge in [0.15, 0.2) is 15.6 Å². The van der Waals surface area contributed by atoms with E-state index in [2.05, 4.69) is 4.72 Å². The molecule has 8 heteroatoms. The summed E-state index contributed by atoms with van der Waals surface area (Å²) in [5.41, 5.74) is 0.641. The molecular weight excluding hydrogens is 338 g/mol. The number of ketones is 1. The number of hydrogen-bond acceptors (Lipinski definition) is 5. The summed E-state index contributed by atoms with van der Waals surface area (Å²) in [5, 5.41) is 0. The number of sulfonamides is 1. The van der Waals surface area contributed by atoms with Gasteiger partial charge in [-0.15, -0.1) is 0 Å². The number of rotatable bonds is 5. The Morgan fingerprint density at radius 3 is 2.00 bits per heavy atom. The molecule has 0 radical (unpaired) electrons. The van der Waals surface area contributed by atoms with Crippen molar-refractivity contribution in [3.8, 4) is 0 Å². The Balaban J connectivity index is 2.32. The van der Waals surface area contributed by atoms with Crippen LogP contribution in [0, 0.1) is 0 Å². The van der Waals surface area contributed by atoms with Gasteiger partial charge in [0.25, 0.3) is 10.0 Å². The SMILES string of the molecule is CC(=O)c1cccc(NS(=O)(=O)c2ccc(S(C)(=O)=O)cc2)c1. The summed E-state index contributed by atoms with van der Waals surface area (Å²) in [5.74, 6) is -0.177. The fourth-order valence-electron chi connectivity index (χ4n) is 1.88. The van der Waals surface area contributed by atoms with E-state index in [4.69, 9.17) is 0 Å². The first-order valence-electron chi connectivity index (χ1n) is 6.53. The number of benzene rings is 2. The minimum atomic E-state index is -3.87. The maximum atomic E-state index is 12.3. The lowest BCUT2D eigenvalue weighted by Crippen LogP contribution is -2.13. The molecule has 23 heavy (non-hydrogen) atoms. The Labute approximate surface area is 135 Å². The molecule has 0 aliphatic carbocycles. The van der Waals surface area contributed by atoms with E-state index in [1.54, 1.807) is 12.1 Å². The first-order chi connectivity index (χ1) is 10.6. The molecule has 0 fully saturated rings. The first-order valence-corrected chi connectivity index (χ1v) is 9.91. The molecule has 0 atom stereocenters. The summed E-state index contributed by atoms with van der Waals surface area (Å²) >= 11 is 0. The van der Waals surface area contributed by atoms with Crippen molar-refractivity contribution in [2.24, 2.45) is 0 Å². The van der Waals surface area contributed by atoms with Crippen molar-refractivity contribution in [3.63, 3.8) is 0 Å². The summed E-state index contributed by atoms with van der Waals surface area (Å²) in [4.78, 5) is 11.3. The lowest BCUT2D eigenvalue weighted by molar-refractivity contribution is 0.101. The van der Waals surface area contributed by atoms with Gasteiger partial charge in [0.2, 0.25) is 0 Å². The molecule has 0 unspecified atom stereocenters. The quantitative estimate of drug-likeness (QED) is 0.830. The molecule has 0 saturated carbocycles. The predicted molar refractivity (Wildman–Crippen MR) is 86.8 cm³/mol. The molecule has 0 saturated heterocycles. The highest BCUT2D eigenvalue weighted by atomic mass is 32.2. The normalized spacial score (nSPS) is 11.9. The first kappa shape index (κ1) is 17.2. The zero-order chi connectivity index (χ0) is 17.3. The number of carbonyl (C=O) groups excluding carboxylic acids is 1. The average molecular weight is 353 g/mol. The second-order valence-electron chi connectivity index (χ2n) is 4.99. The van der Waals surface area contributed by atoms with Crippen LogP contribution in [0.5, 0.6) is 0 Å². The van der Waals surface area contributed by atoms with Crippen molar-refractivity contribution in [2.45, 2.75) is 16.7 Å². The van der Waals surface area contributed by atoms with Gasteiger partial charge in [0.1, 0.15) is 0 Å². The highest BCUT2D eigenvalue weighted by Gasteiger charge is 2.16. The van der Waals surface area contributed by atoms with E-state index in [9.17, 15) is 21.6 Å². The molecule has 122 valence electrons. The molecule has 2 aromatic rings. The third-order valence-electron chi connectivity index (χ3n) is 3.08. The van der Waals surface area contributed by atoms with Gasteiger partial charge in [-0.25, -0.2) is 16.8 Å². The van der Waals surface area contributed by atoms with E-state index in [0.29, 0.717) is 5.56 Å². The minimum Gasteiger partial charge on any atom is -0.295 e. The second kappa shape index (κ2) is 6.13. The van der Waals surface area contributed by atoms with Crippen LogP contribution in [0.1, 0.15) is 17.3 Å². The Morgan fingerprint density at radius 1 is 0.913 bits per heavy atom. The topological polar surface area (TPSA) is 97.4 Å². The predicted octanol–water partition coefficient (Wildman–Crippen LogP) is 2.09. The van der Waals surface area contributed by atoms with E-state index >= 15 is 0 Å². The van der Waals surface area contributed by atoms with Gasteiger partial charge in [-0.3, -0.25) is 9.52 Å². The number of hydrogen-bond donors (Lipinski definition) is 1. The van der Waals surface area contributed by atoms with Crippen LogP contribution in [-0.4, -0.2) is 28.9 Å². The third kappa shape index (κ3) is 4.17. The number of Topliss-reactive ketones (excluding diaryl/α,β-unsaturated/α-hetero) is 1. The number of nitrogens with one attached hydrogen (secondary N) is 1. The molecule has 2 rings (SSSR count). The largest absolute Gasteiger partial charge is 0.295 e. The Hall–Kier alpha value is -2.19. The van der Waals surface area contributed by atoms with Gasteiger partial charge in [-0.05, 0) is 43.3 Å². The Bertz CT molecular complexity index is 946. The van der Waals surface area contributed by atoms with Crippen molar-refractivity contribution in [3.05, 3.63) is 54.1 Å². The van der Waals surface area contributed by atoms with Crippen LogP contribution in [0.4, 0.5) is 5.69 Å². The number of sulfone groups is 1. The highest BCUT2D eigenvalue weighted by Crippen LogP contribution is 2.19. The number of carbonyl (C=O) groups is 1. The van der Waals surface area contributed by atoms with E-state index in [0.717, 1.165) is 6.26 Å². The van der Waals surface area contributed by atoms with E-state index in [1.165, 1.54) is 43.3 Å². The van der Waals surface area contributed by atoms with E-state index in [-0.39, 0.29) is 21.3 Å². The minimum absolute atomic E-state index is 0.0371. The van der Waals surface area contributed by atoms with E-state index < -0.39 is 19.9 Å². The average Bonchev–Trinajstić information content (AvgIpc) is 2.46. The Morgan fingerprint density at radius 2 is 1.48 bits per heavy atom. The van der Waals surface area contributed by atoms with Crippen molar-refractivity contribution in [1.29, 1.82) is 0 Å². The van der Waals surface area contributed by atoms with Crippen molar-refractivity contribution in [2.75, 3.05) is 11.0 Å². The summed E-state index contributed by atoms with van der Waals surface area (Å²) in [6, 6.07) is 11.0. The maximum Gasteiger partial charge on any atom is 0.261 e. The lowest BCUT2D eigenvalue weighted by atomic mass is 10.1. The van der Waals surface area contributed by atoms with E-state index in [1.807, 2.05) is 0 Å². The zero-order valence-electron chi connectivity index (χ0n) is 12.5. The zero-order valence-corrected chi connectivity index (χ0v) is 14.1. The fraction of sp³-hybridized carbons (Fsp3) is 0.133. The van der Waals surface area contributed by atoms with Crippen LogP contribution in [0.3, 0.4) is 0 Å². The third-order valence-corrected chi connectivity index (χ3v) is 5.61. The molecular formula is C15H15NO5S2. The molecule has 0 spiro atoms. The van der Waals surface area contributed by atoms with Crippen molar-refractivity contribution >= 4 is 31.3 Å². The Kier molecular flexibility index (Phi) is 4.58. The van der Waals surface area contributed by atoms with Crippen molar-refractivity contribution in [1.82, 2.24) is 0 Å². The smallest absolute Gasteiger partial charge is 0.261 e. The summed E-state index contributed by atoms with van der Waals surface area (Å²) < 4.78 is 49.7. The van der Waals surface area contributed by atoms with Crippen molar-refractivity contribution < 1.29 is 21.6 Å². The van der Waals surface area contributed by atoms with Gasteiger partial charge in [0, 0.05) is 17.5 Å². The summed E-state index contributed by atoms with van der Waals surface area (Å²) in [6.07, 6.45) is 1.04. The van der Waals surface area contributed by atoms with Crippen LogP contribution in [0.2, 0.25) is 0 Å². The lowest BCUT2D eigenvalue weighted by Gasteiger charge is -2.09. The molecule has 0 amide bonds. The fourth-order valence-corrected chi connectivity index (χ4v) is 3.56. The van der Waals surface area contributed by atoms with Crippen LogP contribution in [0.15, 0.2) is 58.3 Å². The molecule has 0 bridgehead atoms. The second-order valence-corrected chi connectivity index (χ2v) is 8.68. The monoisotopic (exact) mass is 353 g/mol. The summed E-state index contributed by atoms with van der Waals surface area (Å²) in [6.45, 7) is 1.39. The molecule has 1 N–H and O–H groups in total. The van der Waals surface area contributed by atoms with Crippen LogP contribution < -0.4 is 4.72 Å². The van der Waals surface area contributed by atoms with Gasteiger partial charge >= 0.3 is 0 Å². The van der Waals surface area contributed by atoms with Crippen LogP contribution >= 0.6 is 0 Å². The van der Waals surface area contributed by atoms with Gasteiger partial charge in [0.05, 0.1) is 9.79 Å².